The van der Waals surface area contributed by atoms with Gasteiger partial charge in [-0.05, 0) is 19.1 Å². The Labute approximate surface area is 124 Å². The summed E-state index contributed by atoms with van der Waals surface area (Å²) in [4.78, 5) is 27.6. The molecule has 6 nitrogen and oxygen atoms in total. The van der Waals surface area contributed by atoms with Crippen molar-refractivity contribution in [3.05, 3.63) is 34.3 Å². The fourth-order valence-corrected chi connectivity index (χ4v) is 1.44. The molecule has 0 aliphatic rings. The van der Waals surface area contributed by atoms with Crippen LogP contribution in [0.3, 0.4) is 0 Å². The van der Waals surface area contributed by atoms with Crippen LogP contribution in [-0.2, 0) is 14.4 Å². The monoisotopic (exact) mass is 338 g/mol. The average Bonchev–Trinajstić information content (AvgIpc) is 2.44. The van der Waals surface area contributed by atoms with Gasteiger partial charge in [-0.25, -0.2) is 4.79 Å². The summed E-state index contributed by atoms with van der Waals surface area (Å²) < 4.78 is 5.44. The Hall–Kier alpha value is -2.20. The summed E-state index contributed by atoms with van der Waals surface area (Å²) in [6.07, 6.45) is 0. The summed E-state index contributed by atoms with van der Waals surface area (Å²) in [5.74, 6) is -1.20. The van der Waals surface area contributed by atoms with Crippen LogP contribution >= 0.6 is 15.9 Å². The number of rotatable bonds is 6. The molecule has 7 heteroatoms. The molecule has 0 saturated carbocycles. The third-order valence-corrected chi connectivity index (χ3v) is 2.62. The molecule has 0 N–H and O–H groups in total. The van der Waals surface area contributed by atoms with E-state index in [2.05, 4.69) is 25.8 Å². The number of esters is 1. The number of oxime groups is 1. The van der Waals surface area contributed by atoms with E-state index in [0.717, 1.165) is 4.47 Å². The van der Waals surface area contributed by atoms with Crippen LogP contribution in [0.2, 0.25) is 0 Å². The molecule has 0 aliphatic carbocycles. The average molecular weight is 339 g/mol. The van der Waals surface area contributed by atoms with E-state index in [1.54, 1.807) is 37.3 Å². The van der Waals surface area contributed by atoms with Gasteiger partial charge in [0.25, 0.3) is 5.71 Å². The van der Waals surface area contributed by atoms with Gasteiger partial charge in [0.2, 0.25) is 5.78 Å². The number of halogens is 1. The Bertz CT molecular complexity index is 561. The van der Waals surface area contributed by atoms with Crippen molar-refractivity contribution in [3.63, 3.8) is 0 Å². The lowest BCUT2D eigenvalue weighted by molar-refractivity contribution is -0.135. The van der Waals surface area contributed by atoms with Crippen molar-refractivity contribution >= 4 is 33.4 Å². The highest BCUT2D eigenvalue weighted by Gasteiger charge is 2.13. The minimum absolute atomic E-state index is 0.122. The highest BCUT2D eigenvalue weighted by molar-refractivity contribution is 9.10. The summed E-state index contributed by atoms with van der Waals surface area (Å²) in [6.45, 7) is 1.36. The van der Waals surface area contributed by atoms with E-state index in [9.17, 15) is 9.59 Å². The molecule has 0 amide bonds. The third-order valence-electron chi connectivity index (χ3n) is 2.09. The quantitative estimate of drug-likeness (QED) is 0.343. The molecule has 20 heavy (non-hydrogen) atoms. The molecule has 0 heterocycles. The van der Waals surface area contributed by atoms with Crippen molar-refractivity contribution in [2.75, 3.05) is 13.2 Å². The van der Waals surface area contributed by atoms with Crippen LogP contribution in [0, 0.1) is 11.3 Å². The number of hydrogen-bond donors (Lipinski definition) is 0. The van der Waals surface area contributed by atoms with Gasteiger partial charge in [0.1, 0.15) is 6.07 Å². The standard InChI is InChI=1S/C13H11BrN2O4/c1-2-19-13(18)11(7-15)16-20-8-12(17)9-3-5-10(14)6-4-9/h3-6H,2,8H2,1H3/b16-11+. The van der Waals surface area contributed by atoms with Crippen LogP contribution in [0.5, 0.6) is 0 Å². The maximum atomic E-state index is 11.7. The molecular formula is C13H11BrN2O4. The SMILES string of the molecule is CCOC(=O)/C(C#N)=N/OCC(=O)c1ccc(Br)cc1. The summed E-state index contributed by atoms with van der Waals surface area (Å²) >= 11 is 3.25. The first kappa shape index (κ1) is 15.9. The number of carbonyl (C=O) groups excluding carboxylic acids is 2. The van der Waals surface area contributed by atoms with E-state index in [1.807, 2.05) is 0 Å². The Morgan fingerprint density at radius 3 is 2.55 bits per heavy atom. The topological polar surface area (TPSA) is 88.8 Å². The minimum atomic E-state index is -0.883. The Kier molecular flexibility index (Phi) is 6.40. The van der Waals surface area contributed by atoms with Crippen LogP contribution in [-0.4, -0.2) is 30.7 Å². The molecule has 0 unspecified atom stereocenters. The van der Waals surface area contributed by atoms with Gasteiger partial charge in [0, 0.05) is 10.0 Å². The fourth-order valence-electron chi connectivity index (χ4n) is 1.18. The summed E-state index contributed by atoms with van der Waals surface area (Å²) in [7, 11) is 0. The Morgan fingerprint density at radius 1 is 1.35 bits per heavy atom. The first-order valence-electron chi connectivity index (χ1n) is 5.64. The molecule has 1 aromatic rings. The molecule has 0 radical (unpaired) electrons. The molecule has 1 rings (SSSR count). The molecule has 0 aliphatic heterocycles. The van der Waals surface area contributed by atoms with E-state index >= 15 is 0 Å². The van der Waals surface area contributed by atoms with Crippen molar-refractivity contribution in [3.8, 4) is 6.07 Å². The molecule has 0 aromatic heterocycles. The second kappa shape index (κ2) is 8.07. The second-order valence-electron chi connectivity index (χ2n) is 3.48. The van der Waals surface area contributed by atoms with Crippen molar-refractivity contribution in [1.82, 2.24) is 0 Å². The summed E-state index contributed by atoms with van der Waals surface area (Å²) in [6, 6.07) is 8.22. The van der Waals surface area contributed by atoms with Crippen molar-refractivity contribution in [2.45, 2.75) is 6.92 Å². The molecule has 0 fully saturated rings. The number of benzene rings is 1. The molecule has 0 spiro atoms. The van der Waals surface area contributed by atoms with Gasteiger partial charge in [-0.2, -0.15) is 5.26 Å². The van der Waals surface area contributed by atoms with E-state index in [4.69, 9.17) is 10.1 Å². The van der Waals surface area contributed by atoms with E-state index < -0.39 is 11.7 Å². The lowest BCUT2D eigenvalue weighted by Gasteiger charge is -2.01. The zero-order valence-electron chi connectivity index (χ0n) is 10.6. The van der Waals surface area contributed by atoms with Crippen molar-refractivity contribution in [2.24, 2.45) is 5.16 Å². The number of ketones is 1. The maximum absolute atomic E-state index is 11.7. The van der Waals surface area contributed by atoms with Crippen LogP contribution < -0.4 is 0 Å². The molecule has 0 bridgehead atoms. The molecule has 0 saturated heterocycles. The van der Waals surface area contributed by atoms with Crippen LogP contribution in [0.15, 0.2) is 33.9 Å². The van der Waals surface area contributed by atoms with Crippen LogP contribution in [0.25, 0.3) is 0 Å². The van der Waals surface area contributed by atoms with Crippen molar-refractivity contribution in [1.29, 1.82) is 5.26 Å². The number of Topliss-reactive ketones (excluding diaryl/α,β-unsaturated/α-hetero) is 1. The minimum Gasteiger partial charge on any atom is -0.461 e. The van der Waals surface area contributed by atoms with Gasteiger partial charge in [-0.15, -0.1) is 0 Å². The normalized spacial score (nSPS) is 10.6. The van der Waals surface area contributed by atoms with Gasteiger partial charge in [-0.3, -0.25) is 4.79 Å². The lowest BCUT2D eigenvalue weighted by Crippen LogP contribution is -2.17. The first-order chi connectivity index (χ1) is 9.58. The molecule has 0 atom stereocenters. The summed E-state index contributed by atoms with van der Waals surface area (Å²) in [5.41, 5.74) is -0.0894. The number of nitriles is 1. The van der Waals surface area contributed by atoms with E-state index in [1.165, 1.54) is 0 Å². The van der Waals surface area contributed by atoms with Gasteiger partial charge >= 0.3 is 5.97 Å². The maximum Gasteiger partial charge on any atom is 0.371 e. The zero-order valence-corrected chi connectivity index (χ0v) is 12.2. The predicted molar refractivity (Wildman–Crippen MR) is 74.1 cm³/mol. The molecular weight excluding hydrogens is 328 g/mol. The number of carbonyl (C=O) groups is 2. The van der Waals surface area contributed by atoms with Crippen LogP contribution in [0.1, 0.15) is 17.3 Å². The first-order valence-corrected chi connectivity index (χ1v) is 6.43. The fraction of sp³-hybridized carbons (Fsp3) is 0.231. The van der Waals surface area contributed by atoms with Gasteiger partial charge in [0.15, 0.2) is 6.61 Å². The van der Waals surface area contributed by atoms with E-state index in [-0.39, 0.29) is 19.0 Å². The van der Waals surface area contributed by atoms with Gasteiger partial charge < -0.3 is 9.57 Å². The largest absolute Gasteiger partial charge is 0.461 e. The van der Waals surface area contributed by atoms with E-state index in [0.29, 0.717) is 5.56 Å². The second-order valence-corrected chi connectivity index (χ2v) is 4.39. The smallest absolute Gasteiger partial charge is 0.371 e. The number of ether oxygens (including phenoxy) is 1. The number of nitrogens with zero attached hydrogens (tertiary/aromatic N) is 2. The highest BCUT2D eigenvalue weighted by atomic mass is 79.9. The zero-order chi connectivity index (χ0) is 15.0. The highest BCUT2D eigenvalue weighted by Crippen LogP contribution is 2.11. The van der Waals surface area contributed by atoms with Crippen LogP contribution in [0.4, 0.5) is 0 Å². The van der Waals surface area contributed by atoms with Gasteiger partial charge in [0.05, 0.1) is 6.61 Å². The molecule has 1 aromatic carbocycles. The summed E-state index contributed by atoms with van der Waals surface area (Å²) in [5, 5.41) is 12.0. The van der Waals surface area contributed by atoms with Gasteiger partial charge in [-0.1, -0.05) is 33.2 Å². The lowest BCUT2D eigenvalue weighted by atomic mass is 10.1. The third kappa shape index (κ3) is 4.82. The predicted octanol–water partition coefficient (Wildman–Crippen LogP) is 2.09. The number of hydrogen-bond acceptors (Lipinski definition) is 6. The Morgan fingerprint density at radius 2 is 2.00 bits per heavy atom. The van der Waals surface area contributed by atoms with Crippen molar-refractivity contribution < 1.29 is 19.2 Å². The Balaban J connectivity index is 2.58. The molecule has 104 valence electrons.